The van der Waals surface area contributed by atoms with E-state index < -0.39 is 5.97 Å². The van der Waals surface area contributed by atoms with E-state index in [0.29, 0.717) is 10.6 Å². The number of hydrogen-bond donors (Lipinski definition) is 3. The van der Waals surface area contributed by atoms with Crippen molar-refractivity contribution in [2.75, 3.05) is 11.9 Å². The molecule has 2 amide bonds. The number of amides is 2. The minimum absolute atomic E-state index is 0.0609. The molecule has 0 aromatic carbocycles. The van der Waals surface area contributed by atoms with Crippen LogP contribution in [0, 0.1) is 5.92 Å². The van der Waals surface area contributed by atoms with Crippen LogP contribution in [0.15, 0.2) is 6.07 Å². The molecule has 0 aliphatic rings. The number of hydrogen-bond acceptors (Lipinski definition) is 4. The highest BCUT2D eigenvalue weighted by Gasteiger charge is 2.20. The summed E-state index contributed by atoms with van der Waals surface area (Å²) in [5.41, 5.74) is 0.400. The number of thiophene rings is 1. The highest BCUT2D eigenvalue weighted by molar-refractivity contribution is 7.16. The average molecular weight is 340 g/mol. The predicted molar refractivity (Wildman–Crippen MR) is 91.0 cm³/mol. The van der Waals surface area contributed by atoms with Gasteiger partial charge in [0, 0.05) is 17.3 Å². The molecular weight excluding hydrogens is 316 g/mol. The van der Waals surface area contributed by atoms with Crippen LogP contribution in [0.1, 0.15) is 55.3 Å². The highest BCUT2D eigenvalue weighted by Crippen LogP contribution is 2.29. The Labute approximate surface area is 140 Å². The molecule has 1 aromatic rings. The Balaban J connectivity index is 2.86. The van der Waals surface area contributed by atoms with Gasteiger partial charge in [-0.3, -0.25) is 14.4 Å². The molecule has 1 heterocycles. The van der Waals surface area contributed by atoms with Crippen LogP contribution in [0.4, 0.5) is 5.00 Å². The largest absolute Gasteiger partial charge is 0.481 e. The van der Waals surface area contributed by atoms with Crippen molar-refractivity contribution in [3.8, 4) is 0 Å². The van der Waals surface area contributed by atoms with Crippen LogP contribution in [0.2, 0.25) is 0 Å². The summed E-state index contributed by atoms with van der Waals surface area (Å²) >= 11 is 1.39. The lowest BCUT2D eigenvalue weighted by atomic mass is 10.0. The molecule has 6 nitrogen and oxygen atoms in total. The van der Waals surface area contributed by atoms with E-state index in [1.54, 1.807) is 6.07 Å². The van der Waals surface area contributed by atoms with Crippen molar-refractivity contribution in [1.82, 2.24) is 5.32 Å². The fraction of sp³-hybridized carbons (Fsp3) is 0.562. The van der Waals surface area contributed by atoms with Crippen molar-refractivity contribution < 1.29 is 19.5 Å². The Morgan fingerprint density at radius 1 is 1.22 bits per heavy atom. The Hall–Kier alpha value is -1.89. The Morgan fingerprint density at radius 3 is 2.39 bits per heavy atom. The summed E-state index contributed by atoms with van der Waals surface area (Å²) in [6.45, 7) is 5.95. The number of carbonyl (C=O) groups excluding carboxylic acids is 2. The first-order valence-corrected chi connectivity index (χ1v) is 8.68. The van der Waals surface area contributed by atoms with Crippen LogP contribution in [-0.4, -0.2) is 29.4 Å². The third-order valence-corrected chi connectivity index (χ3v) is 4.79. The van der Waals surface area contributed by atoms with Crippen LogP contribution in [0.3, 0.4) is 0 Å². The fourth-order valence-electron chi connectivity index (χ4n) is 2.13. The molecule has 0 saturated carbocycles. The molecule has 128 valence electrons. The normalized spacial score (nSPS) is 10.6. The first kappa shape index (κ1) is 19.2. The van der Waals surface area contributed by atoms with Crippen LogP contribution in [-0.2, 0) is 16.0 Å². The number of carboxylic acids is 1. The van der Waals surface area contributed by atoms with E-state index in [1.807, 2.05) is 20.8 Å². The van der Waals surface area contributed by atoms with E-state index in [0.717, 1.165) is 24.1 Å². The minimum atomic E-state index is -0.966. The second kappa shape index (κ2) is 9.29. The fourth-order valence-corrected chi connectivity index (χ4v) is 3.13. The summed E-state index contributed by atoms with van der Waals surface area (Å²) in [6.07, 6.45) is 2.12. The second-order valence-electron chi connectivity index (χ2n) is 5.21. The third-order valence-electron chi connectivity index (χ3n) is 3.59. The maximum absolute atomic E-state index is 12.2. The van der Waals surface area contributed by atoms with Gasteiger partial charge in [0.25, 0.3) is 5.91 Å². The smallest absolute Gasteiger partial charge is 0.305 e. The van der Waals surface area contributed by atoms with E-state index in [9.17, 15) is 14.4 Å². The van der Waals surface area contributed by atoms with Crippen molar-refractivity contribution >= 4 is 34.1 Å². The Bertz CT molecular complexity index is 564. The molecule has 0 radical (unpaired) electrons. The molecule has 23 heavy (non-hydrogen) atoms. The topological polar surface area (TPSA) is 95.5 Å². The summed E-state index contributed by atoms with van der Waals surface area (Å²) in [5.74, 6) is -1.49. The molecule has 1 aromatic heterocycles. The molecule has 0 spiro atoms. The summed E-state index contributed by atoms with van der Waals surface area (Å²) < 4.78 is 0. The van der Waals surface area contributed by atoms with Gasteiger partial charge in [0.2, 0.25) is 5.91 Å². The standard InChI is InChI=1S/C16H24N2O4S/c1-4-10(5-2)14(21)18-16-12(9-11(6-3)23-16)15(22)17-8-7-13(19)20/h9-10H,4-8H2,1-3H3,(H,17,22)(H,18,21)(H,19,20). The highest BCUT2D eigenvalue weighted by atomic mass is 32.1. The van der Waals surface area contributed by atoms with Crippen molar-refractivity contribution in [2.45, 2.75) is 46.5 Å². The summed E-state index contributed by atoms with van der Waals surface area (Å²) in [4.78, 5) is 36.0. The van der Waals surface area contributed by atoms with Crippen molar-refractivity contribution in [3.05, 3.63) is 16.5 Å². The van der Waals surface area contributed by atoms with Crippen molar-refractivity contribution in [1.29, 1.82) is 0 Å². The summed E-state index contributed by atoms with van der Waals surface area (Å²) in [5, 5.41) is 14.6. The number of carboxylic acid groups (broad SMARTS) is 1. The summed E-state index contributed by atoms with van der Waals surface area (Å²) in [7, 11) is 0. The predicted octanol–water partition coefficient (Wildman–Crippen LogP) is 2.89. The molecule has 0 aliphatic carbocycles. The first-order valence-electron chi connectivity index (χ1n) is 7.86. The van der Waals surface area contributed by atoms with E-state index in [2.05, 4.69) is 10.6 Å². The molecule has 0 atom stereocenters. The van der Waals surface area contributed by atoms with E-state index in [4.69, 9.17) is 5.11 Å². The Morgan fingerprint density at radius 2 is 1.87 bits per heavy atom. The minimum Gasteiger partial charge on any atom is -0.481 e. The van der Waals surface area contributed by atoms with Crippen LogP contribution in [0.5, 0.6) is 0 Å². The molecule has 1 rings (SSSR count). The summed E-state index contributed by atoms with van der Waals surface area (Å²) in [6, 6.07) is 1.75. The van der Waals surface area contributed by atoms with Gasteiger partial charge < -0.3 is 15.7 Å². The quantitative estimate of drug-likeness (QED) is 0.644. The molecule has 0 saturated heterocycles. The number of aryl methyl sites for hydroxylation is 1. The van der Waals surface area contributed by atoms with Gasteiger partial charge in [-0.1, -0.05) is 20.8 Å². The first-order chi connectivity index (χ1) is 10.9. The molecule has 0 bridgehead atoms. The van der Waals surface area contributed by atoms with Gasteiger partial charge in [0.15, 0.2) is 0 Å². The molecule has 3 N–H and O–H groups in total. The average Bonchev–Trinajstić information content (AvgIpc) is 2.91. The van der Waals surface area contributed by atoms with Crippen molar-refractivity contribution in [2.24, 2.45) is 5.92 Å². The van der Waals surface area contributed by atoms with Crippen LogP contribution in [0.25, 0.3) is 0 Å². The molecule has 7 heteroatoms. The zero-order valence-electron chi connectivity index (χ0n) is 13.8. The number of nitrogens with one attached hydrogen (secondary N) is 2. The monoisotopic (exact) mass is 340 g/mol. The lowest BCUT2D eigenvalue weighted by Gasteiger charge is -2.12. The zero-order valence-corrected chi connectivity index (χ0v) is 14.6. The van der Waals surface area contributed by atoms with Gasteiger partial charge in [-0.2, -0.15) is 0 Å². The number of rotatable bonds is 9. The van der Waals surface area contributed by atoms with Gasteiger partial charge in [-0.05, 0) is 25.3 Å². The van der Waals surface area contributed by atoms with Gasteiger partial charge in [0.05, 0.1) is 12.0 Å². The second-order valence-corrected chi connectivity index (χ2v) is 6.35. The van der Waals surface area contributed by atoms with Crippen LogP contribution < -0.4 is 10.6 Å². The molecule has 0 aliphatic heterocycles. The lowest BCUT2D eigenvalue weighted by Crippen LogP contribution is -2.27. The van der Waals surface area contributed by atoms with Gasteiger partial charge in [-0.25, -0.2) is 0 Å². The van der Waals surface area contributed by atoms with E-state index >= 15 is 0 Å². The van der Waals surface area contributed by atoms with Gasteiger partial charge >= 0.3 is 5.97 Å². The Kier molecular flexibility index (Phi) is 7.74. The SMILES string of the molecule is CCc1cc(C(=O)NCCC(=O)O)c(NC(=O)C(CC)CC)s1. The zero-order chi connectivity index (χ0) is 17.4. The third kappa shape index (κ3) is 5.67. The van der Waals surface area contributed by atoms with Crippen LogP contribution >= 0.6 is 11.3 Å². The molecule has 0 unspecified atom stereocenters. The van der Waals surface area contributed by atoms with Gasteiger partial charge in [0.1, 0.15) is 5.00 Å². The molecular formula is C16H24N2O4S. The molecule has 0 fully saturated rings. The maximum Gasteiger partial charge on any atom is 0.305 e. The van der Waals surface area contributed by atoms with E-state index in [-0.39, 0.29) is 30.7 Å². The van der Waals surface area contributed by atoms with Gasteiger partial charge in [-0.15, -0.1) is 11.3 Å². The maximum atomic E-state index is 12.2. The number of anilines is 1. The van der Waals surface area contributed by atoms with Crippen molar-refractivity contribution in [3.63, 3.8) is 0 Å². The number of aliphatic carboxylic acids is 1. The number of carbonyl (C=O) groups is 3. The van der Waals surface area contributed by atoms with E-state index in [1.165, 1.54) is 11.3 Å². The lowest BCUT2D eigenvalue weighted by molar-refractivity contribution is -0.136.